The molecule has 0 spiro atoms. The molecule has 1 aliphatic carbocycles. The third-order valence-electron chi connectivity index (χ3n) is 6.83. The predicted octanol–water partition coefficient (Wildman–Crippen LogP) is 6.25. The van der Waals surface area contributed by atoms with E-state index in [-0.39, 0.29) is 5.82 Å². The SMILES string of the molecule is C=CN=C(N=CCc1cccc(CC)c1F)N1CCC(=NCCC2CCC(C)(C)C2)CC1. The minimum atomic E-state index is -0.122. The minimum absolute atomic E-state index is 0.122. The average Bonchev–Trinajstić information content (AvgIpc) is 3.13. The second kappa shape index (κ2) is 11.5. The van der Waals surface area contributed by atoms with Crippen molar-refractivity contribution in [2.24, 2.45) is 26.3 Å². The lowest BCUT2D eigenvalue weighted by Gasteiger charge is -2.28. The van der Waals surface area contributed by atoms with Gasteiger partial charge in [0.15, 0.2) is 0 Å². The molecule has 1 saturated carbocycles. The van der Waals surface area contributed by atoms with Gasteiger partial charge in [-0.15, -0.1) is 0 Å². The molecule has 5 heteroatoms. The average molecular weight is 439 g/mol. The topological polar surface area (TPSA) is 40.3 Å². The molecule has 0 N–H and O–H groups in total. The number of rotatable bonds is 7. The number of nitrogens with zero attached hydrogens (tertiary/aromatic N) is 4. The van der Waals surface area contributed by atoms with E-state index in [0.717, 1.165) is 44.0 Å². The Labute approximate surface area is 193 Å². The summed E-state index contributed by atoms with van der Waals surface area (Å²) in [5, 5.41) is 0. The molecule has 4 nitrogen and oxygen atoms in total. The van der Waals surface area contributed by atoms with Crippen molar-refractivity contribution < 1.29 is 4.39 Å². The number of piperidine rings is 1. The summed E-state index contributed by atoms with van der Waals surface area (Å²) in [6.07, 6.45) is 11.6. The van der Waals surface area contributed by atoms with E-state index in [1.807, 2.05) is 25.1 Å². The van der Waals surface area contributed by atoms with Gasteiger partial charge in [-0.1, -0.05) is 45.5 Å². The summed E-state index contributed by atoms with van der Waals surface area (Å²) in [7, 11) is 0. The Bertz CT molecular complexity index is 858. The smallest absolute Gasteiger partial charge is 0.224 e. The molecule has 0 amide bonds. The number of hydrogen-bond acceptors (Lipinski definition) is 2. The van der Waals surface area contributed by atoms with E-state index in [4.69, 9.17) is 4.99 Å². The molecule has 1 aromatic carbocycles. The molecule has 0 aromatic heterocycles. The van der Waals surface area contributed by atoms with E-state index in [1.54, 1.807) is 6.21 Å². The van der Waals surface area contributed by atoms with Crippen molar-refractivity contribution in [2.75, 3.05) is 19.6 Å². The molecule has 0 bridgehead atoms. The zero-order valence-corrected chi connectivity index (χ0v) is 20.1. The first-order valence-corrected chi connectivity index (χ1v) is 12.2. The van der Waals surface area contributed by atoms with Crippen LogP contribution in [0.4, 0.5) is 4.39 Å². The molecule has 1 unspecified atom stereocenters. The van der Waals surface area contributed by atoms with Gasteiger partial charge in [0.25, 0.3) is 0 Å². The molecule has 3 rings (SSSR count). The Morgan fingerprint density at radius 1 is 1.25 bits per heavy atom. The van der Waals surface area contributed by atoms with Gasteiger partial charge in [0.05, 0.1) is 0 Å². The summed E-state index contributed by atoms with van der Waals surface area (Å²) in [6, 6.07) is 5.56. The third-order valence-corrected chi connectivity index (χ3v) is 6.83. The summed E-state index contributed by atoms with van der Waals surface area (Å²) in [4.78, 5) is 16.0. The highest BCUT2D eigenvalue weighted by molar-refractivity contribution is 5.91. The van der Waals surface area contributed by atoms with E-state index in [1.165, 1.54) is 37.6 Å². The normalized spacial score (nSPS) is 21.4. The van der Waals surface area contributed by atoms with Crippen LogP contribution in [0.1, 0.15) is 70.4 Å². The molecule has 174 valence electrons. The quantitative estimate of drug-likeness (QED) is 0.366. The molecule has 1 atom stereocenters. The summed E-state index contributed by atoms with van der Waals surface area (Å²) < 4.78 is 14.4. The standard InChI is InChI=1S/C27H39FN4/c1-5-22-8-7-9-23(25(22)28)12-17-31-26(29-6-2)32-18-13-24(14-19-32)30-16-11-21-10-15-27(3,4)20-21/h6-9,17,21H,2,5,10-16,18-20H2,1,3-4H3. The van der Waals surface area contributed by atoms with Crippen molar-refractivity contribution in [2.45, 2.75) is 72.1 Å². The molecule has 2 fully saturated rings. The fourth-order valence-corrected chi connectivity index (χ4v) is 4.92. The molecule has 2 aliphatic rings. The Balaban J connectivity index is 1.49. The maximum Gasteiger partial charge on any atom is 0.224 e. The van der Waals surface area contributed by atoms with Gasteiger partial charge in [-0.2, -0.15) is 0 Å². The minimum Gasteiger partial charge on any atom is -0.340 e. The highest BCUT2D eigenvalue weighted by atomic mass is 19.1. The lowest BCUT2D eigenvalue weighted by Crippen LogP contribution is -2.38. The van der Waals surface area contributed by atoms with Crippen LogP contribution < -0.4 is 0 Å². The van der Waals surface area contributed by atoms with Crippen LogP contribution in [-0.4, -0.2) is 42.4 Å². The predicted molar refractivity (Wildman–Crippen MR) is 134 cm³/mol. The number of aryl methyl sites for hydroxylation is 1. The van der Waals surface area contributed by atoms with Gasteiger partial charge in [-0.05, 0) is 54.6 Å². The van der Waals surface area contributed by atoms with Crippen LogP contribution in [0.15, 0.2) is 46.0 Å². The maximum absolute atomic E-state index is 14.4. The van der Waals surface area contributed by atoms with Crippen molar-refractivity contribution in [1.29, 1.82) is 0 Å². The van der Waals surface area contributed by atoms with Gasteiger partial charge in [-0.3, -0.25) is 4.99 Å². The van der Waals surface area contributed by atoms with E-state index in [0.29, 0.717) is 29.8 Å². The van der Waals surface area contributed by atoms with Crippen molar-refractivity contribution in [1.82, 2.24) is 4.90 Å². The summed E-state index contributed by atoms with van der Waals surface area (Å²) >= 11 is 0. The van der Waals surface area contributed by atoms with Crippen LogP contribution in [0, 0.1) is 17.2 Å². The fraction of sp³-hybridized carbons (Fsp3) is 0.593. The van der Waals surface area contributed by atoms with Gasteiger partial charge in [0.1, 0.15) is 5.82 Å². The van der Waals surface area contributed by atoms with Crippen molar-refractivity contribution in [3.63, 3.8) is 0 Å². The van der Waals surface area contributed by atoms with Crippen LogP contribution in [-0.2, 0) is 12.8 Å². The highest BCUT2D eigenvalue weighted by Crippen LogP contribution is 2.42. The summed E-state index contributed by atoms with van der Waals surface area (Å²) in [5.41, 5.74) is 3.26. The summed E-state index contributed by atoms with van der Waals surface area (Å²) in [5.74, 6) is 1.38. The first kappa shape index (κ1) is 24.3. The second-order valence-corrected chi connectivity index (χ2v) is 9.87. The van der Waals surface area contributed by atoms with Crippen molar-refractivity contribution in [3.8, 4) is 0 Å². The van der Waals surface area contributed by atoms with E-state index >= 15 is 0 Å². The lowest BCUT2D eigenvalue weighted by molar-refractivity contribution is 0.355. The molecular formula is C27H39FN4. The van der Waals surface area contributed by atoms with E-state index in [2.05, 4.69) is 35.3 Å². The van der Waals surface area contributed by atoms with Crippen LogP contribution in [0.2, 0.25) is 0 Å². The largest absolute Gasteiger partial charge is 0.340 e. The van der Waals surface area contributed by atoms with Crippen LogP contribution >= 0.6 is 0 Å². The van der Waals surface area contributed by atoms with Gasteiger partial charge < -0.3 is 4.90 Å². The molecule has 1 aromatic rings. The number of aliphatic imine (C=N–C) groups is 3. The van der Waals surface area contributed by atoms with Crippen molar-refractivity contribution >= 4 is 17.9 Å². The van der Waals surface area contributed by atoms with E-state index < -0.39 is 0 Å². The molecule has 0 radical (unpaired) electrons. The lowest BCUT2D eigenvalue weighted by atomic mass is 9.90. The highest BCUT2D eigenvalue weighted by Gasteiger charge is 2.30. The van der Waals surface area contributed by atoms with Crippen LogP contribution in [0.3, 0.4) is 0 Å². The second-order valence-electron chi connectivity index (χ2n) is 9.87. The van der Waals surface area contributed by atoms with E-state index in [9.17, 15) is 4.39 Å². The fourth-order valence-electron chi connectivity index (χ4n) is 4.92. The molecular weight excluding hydrogens is 399 g/mol. The Hall–Kier alpha value is -2.30. The third kappa shape index (κ3) is 6.85. The zero-order chi connectivity index (χ0) is 23.0. The Morgan fingerprint density at radius 2 is 2.00 bits per heavy atom. The monoisotopic (exact) mass is 438 g/mol. The Kier molecular flexibility index (Phi) is 8.77. The first-order chi connectivity index (χ1) is 15.4. The van der Waals surface area contributed by atoms with Gasteiger partial charge in [-0.25, -0.2) is 14.4 Å². The van der Waals surface area contributed by atoms with Crippen LogP contribution in [0.25, 0.3) is 0 Å². The first-order valence-electron chi connectivity index (χ1n) is 12.2. The number of guanidine groups is 1. The number of hydrogen-bond donors (Lipinski definition) is 0. The number of halogens is 1. The molecule has 1 aliphatic heterocycles. The molecule has 1 heterocycles. The molecule has 32 heavy (non-hydrogen) atoms. The number of likely N-dealkylation sites (tertiary alicyclic amines) is 1. The zero-order valence-electron chi connectivity index (χ0n) is 20.1. The maximum atomic E-state index is 14.4. The molecule has 1 saturated heterocycles. The van der Waals surface area contributed by atoms with Crippen molar-refractivity contribution in [3.05, 3.63) is 47.9 Å². The summed E-state index contributed by atoms with van der Waals surface area (Å²) in [6.45, 7) is 13.2. The van der Waals surface area contributed by atoms with Gasteiger partial charge in [0.2, 0.25) is 5.96 Å². The van der Waals surface area contributed by atoms with Crippen LogP contribution in [0.5, 0.6) is 0 Å². The van der Waals surface area contributed by atoms with Gasteiger partial charge >= 0.3 is 0 Å². The Morgan fingerprint density at radius 3 is 2.66 bits per heavy atom. The van der Waals surface area contributed by atoms with Gasteiger partial charge in [0, 0.05) is 57.0 Å². The number of benzene rings is 1.